The zero-order valence-electron chi connectivity index (χ0n) is 11.7. The van der Waals surface area contributed by atoms with Crippen LogP contribution < -0.4 is 0 Å². The molecule has 0 spiro atoms. The number of likely N-dealkylation sites (tertiary alicyclic amines) is 2. The van der Waals surface area contributed by atoms with Gasteiger partial charge in [-0.05, 0) is 26.4 Å². The third kappa shape index (κ3) is 2.74. The van der Waals surface area contributed by atoms with E-state index in [0.717, 1.165) is 25.9 Å². The van der Waals surface area contributed by atoms with E-state index < -0.39 is 0 Å². The van der Waals surface area contributed by atoms with E-state index in [-0.39, 0.29) is 23.7 Å². The number of amides is 1. The maximum atomic E-state index is 12.5. The van der Waals surface area contributed by atoms with Gasteiger partial charge in [-0.15, -0.1) is 0 Å². The van der Waals surface area contributed by atoms with Crippen LogP contribution in [0.1, 0.15) is 26.7 Å². The van der Waals surface area contributed by atoms with E-state index in [1.165, 1.54) is 0 Å². The van der Waals surface area contributed by atoms with Gasteiger partial charge >= 0.3 is 0 Å². The smallest absolute Gasteiger partial charge is 0.227 e. The van der Waals surface area contributed by atoms with Crippen LogP contribution in [0.15, 0.2) is 0 Å². The molecule has 2 heterocycles. The van der Waals surface area contributed by atoms with E-state index in [1.807, 2.05) is 18.7 Å². The Balaban J connectivity index is 1.98. The lowest BCUT2D eigenvalue weighted by Crippen LogP contribution is -2.51. The summed E-state index contributed by atoms with van der Waals surface area (Å²) in [6, 6.07) is 0. The van der Waals surface area contributed by atoms with Crippen LogP contribution in [-0.2, 0) is 9.59 Å². The summed E-state index contributed by atoms with van der Waals surface area (Å²) in [6.45, 7) is 7.06. The molecule has 2 fully saturated rings. The Morgan fingerprint density at radius 1 is 1.17 bits per heavy atom. The average molecular weight is 252 g/mol. The van der Waals surface area contributed by atoms with E-state index in [0.29, 0.717) is 18.9 Å². The van der Waals surface area contributed by atoms with Crippen molar-refractivity contribution in [3.63, 3.8) is 0 Å². The summed E-state index contributed by atoms with van der Waals surface area (Å²) in [6.07, 6.45) is 2.10. The van der Waals surface area contributed by atoms with Crippen molar-refractivity contribution in [2.45, 2.75) is 26.7 Å². The highest BCUT2D eigenvalue weighted by Gasteiger charge is 2.35. The van der Waals surface area contributed by atoms with Gasteiger partial charge in [-0.3, -0.25) is 9.59 Å². The number of carbonyl (C=O) groups is 2. The molecule has 2 aliphatic heterocycles. The lowest BCUT2D eigenvalue weighted by molar-refractivity contribution is -0.144. The van der Waals surface area contributed by atoms with Crippen LogP contribution >= 0.6 is 0 Å². The molecule has 0 saturated carbocycles. The minimum atomic E-state index is -0.000907. The molecule has 0 bridgehead atoms. The van der Waals surface area contributed by atoms with E-state index in [1.54, 1.807) is 0 Å². The summed E-state index contributed by atoms with van der Waals surface area (Å²) >= 11 is 0. The van der Waals surface area contributed by atoms with Crippen LogP contribution in [0.5, 0.6) is 0 Å². The van der Waals surface area contributed by atoms with Gasteiger partial charge < -0.3 is 9.80 Å². The first kappa shape index (κ1) is 13.5. The molecule has 18 heavy (non-hydrogen) atoms. The second kappa shape index (κ2) is 5.39. The van der Waals surface area contributed by atoms with Crippen molar-refractivity contribution in [3.8, 4) is 0 Å². The van der Waals surface area contributed by atoms with Gasteiger partial charge in [0.2, 0.25) is 5.91 Å². The molecular formula is C14H24N2O2. The summed E-state index contributed by atoms with van der Waals surface area (Å²) in [5, 5.41) is 0. The van der Waals surface area contributed by atoms with Gasteiger partial charge in [-0.25, -0.2) is 0 Å². The molecule has 2 rings (SSSR count). The van der Waals surface area contributed by atoms with Gasteiger partial charge in [0.25, 0.3) is 0 Å². The van der Waals surface area contributed by atoms with Crippen LogP contribution in [0, 0.1) is 17.8 Å². The van der Waals surface area contributed by atoms with Crippen LogP contribution in [-0.4, -0.2) is 54.7 Å². The molecule has 0 aromatic rings. The minimum absolute atomic E-state index is 0.000907. The molecule has 0 radical (unpaired) electrons. The molecule has 102 valence electrons. The predicted octanol–water partition coefficient (Wildman–Crippen LogP) is 1.01. The molecule has 4 heteroatoms. The summed E-state index contributed by atoms with van der Waals surface area (Å²) in [7, 11) is 2.07. The van der Waals surface area contributed by atoms with Crippen molar-refractivity contribution in [2.24, 2.45) is 17.8 Å². The molecule has 0 N–H and O–H groups in total. The largest absolute Gasteiger partial charge is 0.341 e. The lowest BCUT2D eigenvalue weighted by atomic mass is 9.88. The van der Waals surface area contributed by atoms with Gasteiger partial charge in [0.05, 0.1) is 5.92 Å². The SMILES string of the molecule is C[C@@H]1CN(C(=O)C2CCCN(C)C2)C[C@H](C)C1=O. The van der Waals surface area contributed by atoms with Crippen molar-refractivity contribution < 1.29 is 9.59 Å². The first-order valence-electron chi connectivity index (χ1n) is 7.00. The Bertz CT molecular complexity index is 329. The van der Waals surface area contributed by atoms with Crippen molar-refractivity contribution in [2.75, 3.05) is 33.2 Å². The summed E-state index contributed by atoms with van der Waals surface area (Å²) in [5.41, 5.74) is 0. The number of piperidine rings is 2. The van der Waals surface area contributed by atoms with E-state index in [4.69, 9.17) is 0 Å². The second-order valence-electron chi connectivity index (χ2n) is 6.05. The normalized spacial score (nSPS) is 34.7. The number of ketones is 1. The molecule has 4 nitrogen and oxygen atoms in total. The molecule has 2 saturated heterocycles. The molecule has 0 aliphatic carbocycles. The third-order valence-electron chi connectivity index (χ3n) is 4.25. The van der Waals surface area contributed by atoms with Crippen LogP contribution in [0.25, 0.3) is 0 Å². The highest BCUT2D eigenvalue weighted by atomic mass is 16.2. The fourth-order valence-corrected chi connectivity index (χ4v) is 3.21. The Morgan fingerprint density at radius 2 is 1.78 bits per heavy atom. The second-order valence-corrected chi connectivity index (χ2v) is 6.05. The number of hydrogen-bond acceptors (Lipinski definition) is 3. The van der Waals surface area contributed by atoms with Gasteiger partial charge in [0.15, 0.2) is 0 Å². The van der Waals surface area contributed by atoms with E-state index in [2.05, 4.69) is 11.9 Å². The molecular weight excluding hydrogens is 228 g/mol. The Kier molecular flexibility index (Phi) is 4.05. The zero-order chi connectivity index (χ0) is 13.3. The molecule has 1 amide bonds. The van der Waals surface area contributed by atoms with Gasteiger partial charge in [-0.2, -0.15) is 0 Å². The number of Topliss-reactive ketones (excluding diaryl/α,β-unsaturated/α-hetero) is 1. The third-order valence-corrected chi connectivity index (χ3v) is 4.25. The predicted molar refractivity (Wildman–Crippen MR) is 70.1 cm³/mol. The standard InChI is InChI=1S/C14H24N2O2/c1-10-7-16(8-11(2)13(10)17)14(18)12-5-4-6-15(3)9-12/h10-12H,4-9H2,1-3H3/t10-,11+,12?. The van der Waals surface area contributed by atoms with Crippen LogP contribution in [0.2, 0.25) is 0 Å². The minimum Gasteiger partial charge on any atom is -0.341 e. The van der Waals surface area contributed by atoms with Crippen molar-refractivity contribution >= 4 is 11.7 Å². The topological polar surface area (TPSA) is 40.6 Å². The lowest BCUT2D eigenvalue weighted by Gasteiger charge is -2.38. The van der Waals surface area contributed by atoms with Gasteiger partial charge in [0, 0.05) is 31.5 Å². The van der Waals surface area contributed by atoms with Crippen LogP contribution in [0.3, 0.4) is 0 Å². The fourth-order valence-electron chi connectivity index (χ4n) is 3.21. The number of nitrogens with zero attached hydrogens (tertiary/aromatic N) is 2. The first-order valence-corrected chi connectivity index (χ1v) is 7.00. The summed E-state index contributed by atoms with van der Waals surface area (Å²) in [5.74, 6) is 0.696. The molecule has 2 aliphatic rings. The van der Waals surface area contributed by atoms with Gasteiger partial charge in [-0.1, -0.05) is 13.8 Å². The summed E-state index contributed by atoms with van der Waals surface area (Å²) < 4.78 is 0. The van der Waals surface area contributed by atoms with E-state index in [9.17, 15) is 9.59 Å². The maximum absolute atomic E-state index is 12.5. The monoisotopic (exact) mass is 252 g/mol. The molecule has 0 aromatic carbocycles. The van der Waals surface area contributed by atoms with Gasteiger partial charge in [0.1, 0.15) is 5.78 Å². The summed E-state index contributed by atoms with van der Waals surface area (Å²) in [4.78, 5) is 28.4. The maximum Gasteiger partial charge on any atom is 0.227 e. The first-order chi connectivity index (χ1) is 8.49. The number of rotatable bonds is 1. The van der Waals surface area contributed by atoms with Crippen LogP contribution in [0.4, 0.5) is 0 Å². The molecule has 0 aromatic heterocycles. The number of hydrogen-bond donors (Lipinski definition) is 0. The quantitative estimate of drug-likeness (QED) is 0.699. The Labute approximate surface area is 109 Å². The Hall–Kier alpha value is -0.900. The zero-order valence-corrected chi connectivity index (χ0v) is 11.7. The average Bonchev–Trinajstić information content (AvgIpc) is 2.34. The highest BCUT2D eigenvalue weighted by Crippen LogP contribution is 2.23. The number of carbonyl (C=O) groups excluding carboxylic acids is 2. The van der Waals surface area contributed by atoms with Crippen molar-refractivity contribution in [1.29, 1.82) is 0 Å². The molecule has 3 atom stereocenters. The fraction of sp³-hybridized carbons (Fsp3) is 0.857. The molecule has 1 unspecified atom stereocenters. The van der Waals surface area contributed by atoms with E-state index >= 15 is 0 Å². The van der Waals surface area contributed by atoms with Crippen molar-refractivity contribution in [1.82, 2.24) is 9.80 Å². The highest BCUT2D eigenvalue weighted by molar-refractivity contribution is 5.87. The Morgan fingerprint density at radius 3 is 2.33 bits per heavy atom. The van der Waals surface area contributed by atoms with Crippen molar-refractivity contribution in [3.05, 3.63) is 0 Å².